The molecule has 3 N–H and O–H groups in total. The Morgan fingerprint density at radius 3 is 2.93 bits per heavy atom. The summed E-state index contributed by atoms with van der Waals surface area (Å²) in [6, 6.07) is 1.86. The van der Waals surface area contributed by atoms with Crippen molar-refractivity contribution >= 4 is 29.1 Å². The lowest BCUT2D eigenvalue weighted by Gasteiger charge is -2.26. The van der Waals surface area contributed by atoms with Gasteiger partial charge < -0.3 is 16.0 Å². The monoisotopic (exact) mass is 392 g/mol. The molecule has 2 aromatic heterocycles. The van der Waals surface area contributed by atoms with Crippen molar-refractivity contribution in [3.8, 4) is 0 Å². The molecule has 0 fully saturated rings. The minimum Gasteiger partial charge on any atom is -0.369 e. The van der Waals surface area contributed by atoms with Crippen molar-refractivity contribution in [2.75, 3.05) is 30.4 Å². The van der Waals surface area contributed by atoms with E-state index in [9.17, 15) is 9.18 Å². The standard InChI is InChI=1S/C18H22ClFN6O/c1-10-7-22-16(13-9-24-15-12(13)6-11(19)8-23-15)25-14(10)26-18(2,3)17(27)21-5-4-20/h6-8,13H,4-5,9H2,1-3H3,(H,21,27)(H,23,24)(H,22,25,26). The maximum atomic E-state index is 12.3. The van der Waals surface area contributed by atoms with Crippen molar-refractivity contribution in [3.05, 3.63) is 40.4 Å². The summed E-state index contributed by atoms with van der Waals surface area (Å²) in [7, 11) is 0. The summed E-state index contributed by atoms with van der Waals surface area (Å²) in [4.78, 5) is 25.7. The molecule has 144 valence electrons. The van der Waals surface area contributed by atoms with Gasteiger partial charge in [-0.2, -0.15) is 0 Å². The van der Waals surface area contributed by atoms with Crippen LogP contribution in [0.15, 0.2) is 18.5 Å². The molecule has 2 aromatic rings. The second-order valence-corrected chi connectivity index (χ2v) is 7.42. The number of hydrogen-bond acceptors (Lipinski definition) is 6. The van der Waals surface area contributed by atoms with Crippen molar-refractivity contribution < 1.29 is 9.18 Å². The number of nitrogens with zero attached hydrogens (tertiary/aromatic N) is 3. The Labute approximate surface area is 162 Å². The van der Waals surface area contributed by atoms with Crippen LogP contribution in [-0.2, 0) is 4.79 Å². The topological polar surface area (TPSA) is 91.8 Å². The third kappa shape index (κ3) is 4.10. The molecule has 0 spiro atoms. The molecule has 7 nitrogen and oxygen atoms in total. The predicted molar refractivity (Wildman–Crippen MR) is 103 cm³/mol. The van der Waals surface area contributed by atoms with Crippen LogP contribution in [0.5, 0.6) is 0 Å². The first kappa shape index (κ1) is 19.3. The van der Waals surface area contributed by atoms with Crippen molar-refractivity contribution in [1.82, 2.24) is 20.3 Å². The number of carbonyl (C=O) groups excluding carboxylic acids is 1. The lowest BCUT2D eigenvalue weighted by molar-refractivity contribution is -0.124. The van der Waals surface area contributed by atoms with Gasteiger partial charge in [0.1, 0.15) is 29.7 Å². The van der Waals surface area contributed by atoms with Crippen LogP contribution in [0.25, 0.3) is 0 Å². The summed E-state index contributed by atoms with van der Waals surface area (Å²) in [5, 5.41) is 9.48. The number of fused-ring (bicyclic) bond motifs is 1. The van der Waals surface area contributed by atoms with E-state index in [4.69, 9.17) is 11.6 Å². The Morgan fingerprint density at radius 2 is 2.19 bits per heavy atom. The number of hydrogen-bond donors (Lipinski definition) is 3. The highest BCUT2D eigenvalue weighted by molar-refractivity contribution is 6.30. The summed E-state index contributed by atoms with van der Waals surface area (Å²) in [6.45, 7) is 5.29. The molecular formula is C18H22ClFN6O. The van der Waals surface area contributed by atoms with Gasteiger partial charge in [0.2, 0.25) is 5.91 Å². The number of nitrogens with one attached hydrogen (secondary N) is 3. The maximum absolute atomic E-state index is 12.3. The van der Waals surface area contributed by atoms with Crippen LogP contribution in [0.4, 0.5) is 16.0 Å². The third-order valence-electron chi connectivity index (χ3n) is 4.41. The number of anilines is 2. The number of aromatic nitrogens is 3. The van der Waals surface area contributed by atoms with Crippen molar-refractivity contribution in [2.24, 2.45) is 0 Å². The molecule has 1 atom stereocenters. The van der Waals surface area contributed by atoms with E-state index in [2.05, 4.69) is 30.9 Å². The number of aryl methyl sites for hydroxylation is 1. The Kier molecular flexibility index (Phi) is 5.46. The summed E-state index contributed by atoms with van der Waals surface area (Å²) in [5.74, 6) is 1.55. The smallest absolute Gasteiger partial charge is 0.245 e. The second-order valence-electron chi connectivity index (χ2n) is 6.98. The van der Waals surface area contributed by atoms with Gasteiger partial charge in [0.15, 0.2) is 0 Å². The lowest BCUT2D eigenvalue weighted by atomic mass is 10.0. The zero-order valence-electron chi connectivity index (χ0n) is 15.4. The zero-order chi connectivity index (χ0) is 19.6. The van der Waals surface area contributed by atoms with E-state index in [0.29, 0.717) is 23.2 Å². The molecule has 1 unspecified atom stereocenters. The number of halogens is 2. The van der Waals surface area contributed by atoms with Gasteiger partial charge in [-0.15, -0.1) is 0 Å². The SMILES string of the molecule is Cc1cnc(C2CNc3ncc(Cl)cc32)nc1NC(C)(C)C(=O)NCCF. The molecule has 27 heavy (non-hydrogen) atoms. The molecule has 1 aliphatic heterocycles. The fourth-order valence-electron chi connectivity index (χ4n) is 2.89. The molecule has 3 heterocycles. The van der Waals surface area contributed by atoms with Crippen molar-refractivity contribution in [1.29, 1.82) is 0 Å². The number of pyridine rings is 1. The van der Waals surface area contributed by atoms with Crippen LogP contribution >= 0.6 is 11.6 Å². The van der Waals surface area contributed by atoms with Crippen molar-refractivity contribution in [2.45, 2.75) is 32.2 Å². The molecule has 0 aromatic carbocycles. The highest BCUT2D eigenvalue weighted by Gasteiger charge is 2.31. The molecule has 0 aliphatic carbocycles. The molecule has 3 rings (SSSR count). The van der Waals surface area contributed by atoms with E-state index in [0.717, 1.165) is 16.9 Å². The van der Waals surface area contributed by atoms with Crippen LogP contribution < -0.4 is 16.0 Å². The van der Waals surface area contributed by atoms with E-state index in [1.165, 1.54) is 0 Å². The summed E-state index contributed by atoms with van der Waals surface area (Å²) >= 11 is 6.08. The average Bonchev–Trinajstić information content (AvgIpc) is 3.04. The van der Waals surface area contributed by atoms with Crippen LogP contribution in [0.1, 0.15) is 36.7 Å². The van der Waals surface area contributed by atoms with E-state index >= 15 is 0 Å². The van der Waals surface area contributed by atoms with Crippen LogP contribution in [0, 0.1) is 6.92 Å². The quantitative estimate of drug-likeness (QED) is 0.700. The highest BCUT2D eigenvalue weighted by Crippen LogP contribution is 2.35. The van der Waals surface area contributed by atoms with Gasteiger partial charge in [-0.1, -0.05) is 11.6 Å². The Bertz CT molecular complexity index is 860. The summed E-state index contributed by atoms with van der Waals surface area (Å²) < 4.78 is 12.3. The average molecular weight is 393 g/mol. The van der Waals surface area contributed by atoms with Gasteiger partial charge in [0.25, 0.3) is 0 Å². The van der Waals surface area contributed by atoms with E-state index in [-0.39, 0.29) is 18.4 Å². The molecule has 0 radical (unpaired) electrons. The summed E-state index contributed by atoms with van der Waals surface area (Å²) in [6.07, 6.45) is 3.31. The first-order valence-corrected chi connectivity index (χ1v) is 9.05. The number of carbonyl (C=O) groups is 1. The maximum Gasteiger partial charge on any atom is 0.245 e. The largest absolute Gasteiger partial charge is 0.369 e. The Morgan fingerprint density at radius 1 is 1.41 bits per heavy atom. The minimum atomic E-state index is -0.956. The molecule has 0 saturated heterocycles. The van der Waals surface area contributed by atoms with Crippen molar-refractivity contribution in [3.63, 3.8) is 0 Å². The van der Waals surface area contributed by atoms with Gasteiger partial charge >= 0.3 is 0 Å². The van der Waals surface area contributed by atoms with Gasteiger partial charge in [0, 0.05) is 36.6 Å². The van der Waals surface area contributed by atoms with E-state index in [1.807, 2.05) is 13.0 Å². The lowest BCUT2D eigenvalue weighted by Crippen LogP contribution is -2.48. The minimum absolute atomic E-state index is 0.0176. The van der Waals surface area contributed by atoms with Gasteiger partial charge in [-0.05, 0) is 26.8 Å². The first-order valence-electron chi connectivity index (χ1n) is 8.67. The van der Waals surface area contributed by atoms with Gasteiger partial charge in [-0.25, -0.2) is 19.3 Å². The van der Waals surface area contributed by atoms with Gasteiger partial charge in [0.05, 0.1) is 10.9 Å². The van der Waals surface area contributed by atoms with Crippen LogP contribution in [0.3, 0.4) is 0 Å². The zero-order valence-corrected chi connectivity index (χ0v) is 16.2. The van der Waals surface area contributed by atoms with Gasteiger partial charge in [-0.3, -0.25) is 4.79 Å². The normalized spacial score (nSPS) is 15.8. The summed E-state index contributed by atoms with van der Waals surface area (Å²) in [5.41, 5.74) is 0.792. The number of rotatable bonds is 6. The van der Waals surface area contributed by atoms with Crippen LogP contribution in [0.2, 0.25) is 5.02 Å². The first-order chi connectivity index (χ1) is 12.8. The molecule has 1 aliphatic rings. The second kappa shape index (κ2) is 7.64. The van der Waals surface area contributed by atoms with E-state index in [1.54, 1.807) is 26.2 Å². The fourth-order valence-corrected chi connectivity index (χ4v) is 3.06. The van der Waals surface area contributed by atoms with Crippen LogP contribution in [-0.4, -0.2) is 46.2 Å². The highest BCUT2D eigenvalue weighted by atomic mass is 35.5. The number of alkyl halides is 1. The third-order valence-corrected chi connectivity index (χ3v) is 4.62. The fraction of sp³-hybridized carbons (Fsp3) is 0.444. The molecule has 0 saturated carbocycles. The molecule has 9 heteroatoms. The number of amides is 1. The van der Waals surface area contributed by atoms with E-state index < -0.39 is 12.2 Å². The Balaban J connectivity index is 1.86. The Hall–Kier alpha value is -2.48. The molecular weight excluding hydrogens is 371 g/mol. The molecule has 1 amide bonds. The predicted octanol–water partition coefficient (Wildman–Crippen LogP) is 2.67. The molecule has 0 bridgehead atoms.